The van der Waals surface area contributed by atoms with Gasteiger partial charge in [0.05, 0.1) is 0 Å². The quantitative estimate of drug-likeness (QED) is 0.785. The van der Waals surface area contributed by atoms with Crippen molar-refractivity contribution in [2.45, 2.75) is 52.7 Å². The third kappa shape index (κ3) is 5.30. The number of carbonyl (C=O) groups excluding carboxylic acids is 1. The molecule has 22 heavy (non-hydrogen) atoms. The van der Waals surface area contributed by atoms with Gasteiger partial charge in [-0.15, -0.1) is 0 Å². The zero-order chi connectivity index (χ0) is 16.9. The molecule has 0 heterocycles. The fourth-order valence-corrected chi connectivity index (χ4v) is 1.79. The minimum absolute atomic E-state index is 0.00440. The SMILES string of the molecule is CC(C)c1ccc(O[C@@H](C)COC(=O)C(N)C(C)C)c(F)c1. The van der Waals surface area contributed by atoms with Crippen molar-refractivity contribution in [3.8, 4) is 5.75 Å². The lowest BCUT2D eigenvalue weighted by Crippen LogP contribution is -2.38. The maximum Gasteiger partial charge on any atom is 0.323 e. The second-order valence-corrected chi connectivity index (χ2v) is 6.17. The molecule has 0 bridgehead atoms. The molecule has 0 saturated carbocycles. The van der Waals surface area contributed by atoms with Gasteiger partial charge in [0.1, 0.15) is 18.8 Å². The minimum atomic E-state index is -0.658. The van der Waals surface area contributed by atoms with Gasteiger partial charge in [0.25, 0.3) is 0 Å². The lowest BCUT2D eigenvalue weighted by Gasteiger charge is -2.19. The molecule has 2 atom stereocenters. The van der Waals surface area contributed by atoms with Crippen LogP contribution in [0.2, 0.25) is 0 Å². The van der Waals surface area contributed by atoms with Crippen molar-refractivity contribution in [3.63, 3.8) is 0 Å². The molecule has 4 nitrogen and oxygen atoms in total. The van der Waals surface area contributed by atoms with Crippen molar-refractivity contribution < 1.29 is 18.7 Å². The molecule has 0 saturated heterocycles. The monoisotopic (exact) mass is 311 g/mol. The number of carbonyl (C=O) groups is 1. The Balaban J connectivity index is 2.55. The molecule has 2 N–H and O–H groups in total. The number of ether oxygens (including phenoxy) is 2. The van der Waals surface area contributed by atoms with Crippen LogP contribution in [0.4, 0.5) is 4.39 Å². The van der Waals surface area contributed by atoms with E-state index in [0.29, 0.717) is 0 Å². The van der Waals surface area contributed by atoms with Gasteiger partial charge in [-0.3, -0.25) is 4.79 Å². The summed E-state index contributed by atoms with van der Waals surface area (Å²) >= 11 is 0. The standard InChI is InChI=1S/C17H26FNO3/c1-10(2)13-6-7-15(14(18)8-13)22-12(5)9-21-17(20)16(19)11(3)4/h6-8,10-12,16H,9,19H2,1-5H3/t12-,16?/m0/s1. The third-order valence-electron chi connectivity index (χ3n) is 3.40. The predicted octanol–water partition coefficient (Wildman–Crippen LogP) is 3.24. The van der Waals surface area contributed by atoms with Crippen LogP contribution in [0, 0.1) is 11.7 Å². The highest BCUT2D eigenvalue weighted by Crippen LogP contribution is 2.23. The van der Waals surface area contributed by atoms with Gasteiger partial charge in [0.2, 0.25) is 0 Å². The fourth-order valence-electron chi connectivity index (χ4n) is 1.79. The molecule has 0 aliphatic heterocycles. The topological polar surface area (TPSA) is 61.5 Å². The number of benzene rings is 1. The van der Waals surface area contributed by atoms with Gasteiger partial charge in [-0.25, -0.2) is 4.39 Å². The Morgan fingerprint density at radius 3 is 2.36 bits per heavy atom. The van der Waals surface area contributed by atoms with Gasteiger partial charge in [0.15, 0.2) is 11.6 Å². The lowest BCUT2D eigenvalue weighted by atomic mass is 10.0. The molecule has 0 amide bonds. The molecular weight excluding hydrogens is 285 g/mol. The van der Waals surface area contributed by atoms with Gasteiger partial charge < -0.3 is 15.2 Å². The number of hydrogen-bond acceptors (Lipinski definition) is 4. The summed E-state index contributed by atoms with van der Waals surface area (Å²) < 4.78 is 24.5. The Morgan fingerprint density at radius 1 is 1.23 bits per heavy atom. The molecule has 0 spiro atoms. The van der Waals surface area contributed by atoms with E-state index in [-0.39, 0.29) is 24.2 Å². The van der Waals surface area contributed by atoms with E-state index in [0.717, 1.165) is 5.56 Å². The van der Waals surface area contributed by atoms with Crippen LogP contribution in [0.1, 0.15) is 46.1 Å². The molecular formula is C17H26FNO3. The maximum atomic E-state index is 14.0. The van der Waals surface area contributed by atoms with Gasteiger partial charge in [-0.1, -0.05) is 33.8 Å². The van der Waals surface area contributed by atoms with Gasteiger partial charge >= 0.3 is 5.97 Å². The van der Waals surface area contributed by atoms with E-state index in [2.05, 4.69) is 0 Å². The molecule has 1 unspecified atom stereocenters. The molecule has 0 fully saturated rings. The smallest absolute Gasteiger partial charge is 0.323 e. The van der Waals surface area contributed by atoms with E-state index in [1.165, 1.54) is 6.07 Å². The van der Waals surface area contributed by atoms with Gasteiger partial charge in [-0.05, 0) is 36.5 Å². The Kier molecular flexibility index (Phi) is 6.81. The average Bonchev–Trinajstić information content (AvgIpc) is 2.45. The van der Waals surface area contributed by atoms with Crippen LogP contribution in [0.25, 0.3) is 0 Å². The molecule has 1 aromatic carbocycles. The average molecular weight is 311 g/mol. The number of esters is 1. The summed E-state index contributed by atoms with van der Waals surface area (Å²) in [4.78, 5) is 11.7. The highest BCUT2D eigenvalue weighted by molar-refractivity contribution is 5.75. The van der Waals surface area contributed by atoms with Crippen LogP contribution in [0.3, 0.4) is 0 Å². The summed E-state index contributed by atoms with van der Waals surface area (Å²) in [5.41, 5.74) is 6.60. The first kappa shape index (κ1) is 18.4. The molecule has 0 aliphatic rings. The number of rotatable bonds is 7. The van der Waals surface area contributed by atoms with Crippen molar-refractivity contribution in [1.82, 2.24) is 0 Å². The Hall–Kier alpha value is -1.62. The van der Waals surface area contributed by atoms with Crippen molar-refractivity contribution in [3.05, 3.63) is 29.6 Å². The predicted molar refractivity (Wildman–Crippen MR) is 84.4 cm³/mol. The Labute approximate surface area is 131 Å². The van der Waals surface area contributed by atoms with Crippen molar-refractivity contribution in [2.24, 2.45) is 11.7 Å². The molecule has 1 rings (SSSR count). The van der Waals surface area contributed by atoms with E-state index in [4.69, 9.17) is 15.2 Å². The summed E-state index contributed by atoms with van der Waals surface area (Å²) in [5.74, 6) is -0.477. The van der Waals surface area contributed by atoms with Crippen molar-refractivity contribution in [2.75, 3.05) is 6.61 Å². The molecule has 5 heteroatoms. The minimum Gasteiger partial charge on any atom is -0.484 e. The first-order chi connectivity index (χ1) is 10.2. The summed E-state index contributed by atoms with van der Waals surface area (Å²) in [6, 6.07) is 4.24. The van der Waals surface area contributed by atoms with Gasteiger partial charge in [0, 0.05) is 0 Å². The van der Waals surface area contributed by atoms with Crippen LogP contribution in [0.5, 0.6) is 5.75 Å². The summed E-state index contributed by atoms with van der Waals surface area (Å²) in [6.07, 6.45) is -0.456. The zero-order valence-electron chi connectivity index (χ0n) is 13.9. The van der Waals surface area contributed by atoms with Crippen molar-refractivity contribution >= 4 is 5.97 Å². The summed E-state index contributed by atoms with van der Waals surface area (Å²) in [7, 11) is 0. The normalized spacial score (nSPS) is 14.0. The highest BCUT2D eigenvalue weighted by Gasteiger charge is 2.20. The first-order valence-corrected chi connectivity index (χ1v) is 7.60. The van der Waals surface area contributed by atoms with E-state index in [1.54, 1.807) is 13.0 Å². The van der Waals surface area contributed by atoms with Crippen LogP contribution in [-0.4, -0.2) is 24.7 Å². The van der Waals surface area contributed by atoms with Crippen LogP contribution >= 0.6 is 0 Å². The van der Waals surface area contributed by atoms with E-state index in [9.17, 15) is 9.18 Å². The molecule has 0 aliphatic carbocycles. The molecule has 0 aromatic heterocycles. The van der Waals surface area contributed by atoms with E-state index in [1.807, 2.05) is 33.8 Å². The third-order valence-corrected chi connectivity index (χ3v) is 3.40. The Morgan fingerprint density at radius 2 is 1.86 bits per heavy atom. The molecule has 1 aromatic rings. The first-order valence-electron chi connectivity index (χ1n) is 7.60. The second kappa shape index (κ2) is 8.13. The number of halogens is 1. The van der Waals surface area contributed by atoms with Crippen LogP contribution in [0.15, 0.2) is 18.2 Å². The number of nitrogens with two attached hydrogens (primary N) is 1. The van der Waals surface area contributed by atoms with E-state index >= 15 is 0 Å². The fraction of sp³-hybridized carbons (Fsp3) is 0.588. The van der Waals surface area contributed by atoms with Crippen LogP contribution in [-0.2, 0) is 9.53 Å². The van der Waals surface area contributed by atoms with Crippen LogP contribution < -0.4 is 10.5 Å². The lowest BCUT2D eigenvalue weighted by molar-refractivity contribution is -0.148. The zero-order valence-corrected chi connectivity index (χ0v) is 13.9. The van der Waals surface area contributed by atoms with Crippen molar-refractivity contribution in [1.29, 1.82) is 0 Å². The molecule has 0 radical (unpaired) electrons. The Bertz CT molecular complexity index is 503. The highest BCUT2D eigenvalue weighted by atomic mass is 19.1. The maximum absolute atomic E-state index is 14.0. The van der Waals surface area contributed by atoms with E-state index < -0.39 is 23.9 Å². The largest absolute Gasteiger partial charge is 0.484 e. The molecule has 124 valence electrons. The number of hydrogen-bond donors (Lipinski definition) is 1. The summed E-state index contributed by atoms with van der Waals surface area (Å²) in [5, 5.41) is 0. The second-order valence-electron chi connectivity index (χ2n) is 6.17. The summed E-state index contributed by atoms with van der Waals surface area (Å²) in [6.45, 7) is 9.42. The van der Waals surface area contributed by atoms with Gasteiger partial charge in [-0.2, -0.15) is 0 Å².